The molecule has 0 radical (unpaired) electrons. The third-order valence-corrected chi connectivity index (χ3v) is 3.01. The summed E-state index contributed by atoms with van der Waals surface area (Å²) < 4.78 is 14.1. The smallest absolute Gasteiger partial charge is 0.231 e. The molecule has 0 unspecified atom stereocenters. The van der Waals surface area contributed by atoms with Crippen molar-refractivity contribution in [1.29, 1.82) is 0 Å². The molecule has 1 aromatic carbocycles. The highest BCUT2D eigenvalue weighted by Crippen LogP contribution is 2.37. The molecule has 2 heterocycles. The second-order valence-corrected chi connectivity index (χ2v) is 4.26. The Balaban J connectivity index is 1.79. The van der Waals surface area contributed by atoms with E-state index in [0.717, 1.165) is 10.6 Å². The molecule has 0 atom stereocenters. The minimum absolute atomic E-state index is 0.180. The van der Waals surface area contributed by atoms with Gasteiger partial charge >= 0.3 is 0 Å². The maximum atomic E-state index is 9.80. The van der Waals surface area contributed by atoms with Crippen molar-refractivity contribution in [3.05, 3.63) is 23.9 Å². The van der Waals surface area contributed by atoms with E-state index in [2.05, 4.69) is 14.9 Å². The van der Waals surface area contributed by atoms with Crippen LogP contribution in [0.15, 0.2) is 18.3 Å². The summed E-state index contributed by atoms with van der Waals surface area (Å²) in [6.45, 7) is 0.677. The first-order chi connectivity index (χ1) is 8.33. The summed E-state index contributed by atoms with van der Waals surface area (Å²) in [5.41, 5.74) is 0.739. The molecule has 17 heavy (non-hydrogen) atoms. The lowest BCUT2D eigenvalue weighted by Gasteiger charge is -2.06. The van der Waals surface area contributed by atoms with Crippen LogP contribution in [0.1, 0.15) is 5.56 Å². The first-order valence-electron chi connectivity index (χ1n) is 4.95. The van der Waals surface area contributed by atoms with Gasteiger partial charge in [0.2, 0.25) is 6.79 Å². The monoisotopic (exact) mass is 251 g/mol. The zero-order valence-corrected chi connectivity index (χ0v) is 9.53. The SMILES string of the molecule is Oc1cc2c(cc1CNc1cnns1)OCO2. The van der Waals surface area contributed by atoms with Crippen LogP contribution < -0.4 is 14.8 Å². The molecule has 0 spiro atoms. The van der Waals surface area contributed by atoms with Crippen LogP contribution in [0.4, 0.5) is 5.00 Å². The van der Waals surface area contributed by atoms with Gasteiger partial charge in [0.25, 0.3) is 0 Å². The molecule has 1 aromatic heterocycles. The molecule has 0 fully saturated rings. The minimum Gasteiger partial charge on any atom is -0.507 e. The van der Waals surface area contributed by atoms with Crippen molar-refractivity contribution < 1.29 is 14.6 Å². The van der Waals surface area contributed by atoms with E-state index in [0.29, 0.717) is 18.0 Å². The van der Waals surface area contributed by atoms with Gasteiger partial charge in [-0.2, -0.15) is 0 Å². The standard InChI is InChI=1S/C10H9N3O3S/c14-7-2-9-8(15-5-16-9)1-6(7)3-11-10-4-12-13-17-10/h1-2,4,11,14H,3,5H2. The van der Waals surface area contributed by atoms with Crippen molar-refractivity contribution in [2.45, 2.75) is 6.54 Å². The molecular weight excluding hydrogens is 242 g/mol. The number of aromatic hydroxyl groups is 1. The van der Waals surface area contributed by atoms with E-state index in [1.54, 1.807) is 18.3 Å². The van der Waals surface area contributed by atoms with Crippen LogP contribution in [-0.2, 0) is 6.54 Å². The topological polar surface area (TPSA) is 76.5 Å². The highest BCUT2D eigenvalue weighted by atomic mass is 32.1. The lowest BCUT2D eigenvalue weighted by molar-refractivity contribution is 0.174. The summed E-state index contributed by atoms with van der Waals surface area (Å²) in [4.78, 5) is 0. The second kappa shape index (κ2) is 4.10. The Bertz CT molecular complexity index is 530. The van der Waals surface area contributed by atoms with Gasteiger partial charge in [-0.15, -0.1) is 5.10 Å². The zero-order chi connectivity index (χ0) is 11.7. The molecule has 88 valence electrons. The Morgan fingerprint density at radius 1 is 1.35 bits per heavy atom. The van der Waals surface area contributed by atoms with Gasteiger partial charge in [-0.1, -0.05) is 4.49 Å². The summed E-state index contributed by atoms with van der Waals surface area (Å²) in [6, 6.07) is 3.32. The van der Waals surface area contributed by atoms with Crippen LogP contribution in [0, 0.1) is 0 Å². The molecule has 7 heteroatoms. The van der Waals surface area contributed by atoms with Gasteiger partial charge in [0.1, 0.15) is 10.8 Å². The molecule has 2 N–H and O–H groups in total. The minimum atomic E-state index is 0.180. The van der Waals surface area contributed by atoms with Crippen LogP contribution in [0.25, 0.3) is 0 Å². The van der Waals surface area contributed by atoms with Crippen molar-refractivity contribution in [3.8, 4) is 17.2 Å². The molecule has 1 aliphatic rings. The van der Waals surface area contributed by atoms with Gasteiger partial charge in [0, 0.05) is 29.7 Å². The van der Waals surface area contributed by atoms with Crippen LogP contribution in [-0.4, -0.2) is 21.5 Å². The molecule has 6 nitrogen and oxygen atoms in total. The summed E-state index contributed by atoms with van der Waals surface area (Å²) in [6.07, 6.45) is 1.63. The first-order valence-corrected chi connectivity index (χ1v) is 5.73. The lowest BCUT2D eigenvalue weighted by atomic mass is 10.2. The van der Waals surface area contributed by atoms with E-state index in [9.17, 15) is 5.11 Å². The van der Waals surface area contributed by atoms with Gasteiger partial charge < -0.3 is 19.9 Å². The number of aromatic nitrogens is 2. The summed E-state index contributed by atoms with van der Waals surface area (Å²) in [5.74, 6) is 1.41. The number of hydrogen-bond donors (Lipinski definition) is 2. The molecule has 1 aliphatic heterocycles. The average Bonchev–Trinajstić information content (AvgIpc) is 2.95. The number of anilines is 1. The number of phenolic OH excluding ortho intramolecular Hbond substituents is 1. The molecule has 0 amide bonds. The van der Waals surface area contributed by atoms with Crippen LogP contribution in [0.2, 0.25) is 0 Å². The van der Waals surface area contributed by atoms with Crippen molar-refractivity contribution in [2.24, 2.45) is 0 Å². The van der Waals surface area contributed by atoms with Crippen LogP contribution in [0.5, 0.6) is 17.2 Å². The number of benzene rings is 1. The fraction of sp³-hybridized carbons (Fsp3) is 0.200. The number of rotatable bonds is 3. The maximum Gasteiger partial charge on any atom is 0.231 e. The lowest BCUT2D eigenvalue weighted by Crippen LogP contribution is -1.98. The van der Waals surface area contributed by atoms with E-state index in [1.807, 2.05) is 0 Å². The van der Waals surface area contributed by atoms with Crippen LogP contribution >= 0.6 is 11.5 Å². The highest BCUT2D eigenvalue weighted by molar-refractivity contribution is 7.09. The Labute approximate surface area is 101 Å². The maximum absolute atomic E-state index is 9.80. The Morgan fingerprint density at radius 3 is 2.94 bits per heavy atom. The van der Waals surface area contributed by atoms with E-state index < -0.39 is 0 Å². The number of ether oxygens (including phenoxy) is 2. The first kappa shape index (κ1) is 10.2. The zero-order valence-electron chi connectivity index (χ0n) is 8.71. The molecule has 2 aromatic rings. The fourth-order valence-electron chi connectivity index (χ4n) is 1.54. The molecule has 0 bridgehead atoms. The molecule has 0 saturated carbocycles. The summed E-state index contributed by atoms with van der Waals surface area (Å²) >= 11 is 1.26. The van der Waals surface area contributed by atoms with Gasteiger partial charge in [-0.3, -0.25) is 0 Å². The number of phenols is 1. The second-order valence-electron chi connectivity index (χ2n) is 3.47. The van der Waals surface area contributed by atoms with E-state index in [1.165, 1.54) is 11.5 Å². The largest absolute Gasteiger partial charge is 0.507 e. The number of fused-ring (bicyclic) bond motifs is 1. The van der Waals surface area contributed by atoms with E-state index >= 15 is 0 Å². The fourth-order valence-corrected chi connectivity index (χ4v) is 1.96. The average molecular weight is 251 g/mol. The highest BCUT2D eigenvalue weighted by Gasteiger charge is 2.16. The van der Waals surface area contributed by atoms with Gasteiger partial charge in [-0.25, -0.2) is 0 Å². The van der Waals surface area contributed by atoms with Crippen molar-refractivity contribution in [2.75, 3.05) is 12.1 Å². The third-order valence-electron chi connectivity index (χ3n) is 2.39. The third kappa shape index (κ3) is 1.96. The van der Waals surface area contributed by atoms with Crippen LogP contribution in [0.3, 0.4) is 0 Å². The van der Waals surface area contributed by atoms with Gasteiger partial charge in [0.15, 0.2) is 11.5 Å². The van der Waals surface area contributed by atoms with Crippen molar-refractivity contribution in [3.63, 3.8) is 0 Å². The Kier molecular flexibility index (Phi) is 2.45. The van der Waals surface area contributed by atoms with E-state index in [4.69, 9.17) is 9.47 Å². The summed E-state index contributed by atoms with van der Waals surface area (Å²) in [5, 5.41) is 17.5. The quantitative estimate of drug-likeness (QED) is 0.862. The Hall–Kier alpha value is -2.02. The number of hydrogen-bond acceptors (Lipinski definition) is 7. The molecular formula is C10H9N3O3S. The Morgan fingerprint density at radius 2 is 2.18 bits per heavy atom. The predicted molar refractivity (Wildman–Crippen MR) is 61.5 cm³/mol. The van der Waals surface area contributed by atoms with Crippen molar-refractivity contribution in [1.82, 2.24) is 9.59 Å². The molecule has 0 aliphatic carbocycles. The molecule has 3 rings (SSSR count). The van der Waals surface area contributed by atoms with Crippen molar-refractivity contribution >= 4 is 16.5 Å². The normalized spacial score (nSPS) is 12.7. The number of nitrogens with one attached hydrogen (secondary N) is 1. The van der Waals surface area contributed by atoms with E-state index in [-0.39, 0.29) is 12.5 Å². The molecule has 0 saturated heterocycles. The van der Waals surface area contributed by atoms with Gasteiger partial charge in [-0.05, 0) is 6.07 Å². The predicted octanol–water partition coefficient (Wildman–Crippen LogP) is 1.58. The van der Waals surface area contributed by atoms with Gasteiger partial charge in [0.05, 0.1) is 6.20 Å². The summed E-state index contributed by atoms with van der Waals surface area (Å²) in [7, 11) is 0. The number of nitrogens with zero attached hydrogens (tertiary/aromatic N) is 2.